The molecule has 158 valence electrons. The lowest BCUT2D eigenvalue weighted by Crippen LogP contribution is -2.33. The van der Waals surface area contributed by atoms with E-state index in [9.17, 15) is 5.11 Å². The average Bonchev–Trinajstić information content (AvgIpc) is 2.69. The molecule has 0 bridgehead atoms. The zero-order valence-corrected chi connectivity index (χ0v) is 16.6. The van der Waals surface area contributed by atoms with E-state index in [1.807, 2.05) is 55.5 Å². The van der Waals surface area contributed by atoms with E-state index in [0.29, 0.717) is 30.5 Å². The summed E-state index contributed by atoms with van der Waals surface area (Å²) in [6.45, 7) is 3.75. The van der Waals surface area contributed by atoms with Crippen LogP contribution in [0.15, 0.2) is 48.5 Å². The fourth-order valence-corrected chi connectivity index (χ4v) is 2.34. The molecule has 29 heavy (non-hydrogen) atoms. The van der Waals surface area contributed by atoms with Crippen LogP contribution in [0.5, 0.6) is 11.5 Å². The Morgan fingerprint density at radius 3 is 2.28 bits per heavy atom. The number of para-hydroxylation sites is 2. The molecule has 8 nitrogen and oxygen atoms in total. The van der Waals surface area contributed by atoms with Crippen molar-refractivity contribution in [1.82, 2.24) is 5.32 Å². The highest BCUT2D eigenvalue weighted by molar-refractivity contribution is 6.32. The summed E-state index contributed by atoms with van der Waals surface area (Å²) >= 11 is 6.09. The molecule has 0 aliphatic rings. The van der Waals surface area contributed by atoms with E-state index >= 15 is 0 Å². The number of aliphatic hydroxyl groups is 1. The molecule has 0 heterocycles. The zero-order chi connectivity index (χ0) is 21.6. The third-order valence-corrected chi connectivity index (χ3v) is 3.74. The Labute approximate surface area is 173 Å². The molecule has 0 aliphatic heterocycles. The second kappa shape index (κ2) is 13.4. The molecule has 1 unspecified atom stereocenters. The van der Waals surface area contributed by atoms with Gasteiger partial charge in [-0.25, -0.2) is 9.59 Å². The van der Waals surface area contributed by atoms with E-state index in [4.69, 9.17) is 40.9 Å². The minimum atomic E-state index is -1.82. The van der Waals surface area contributed by atoms with Gasteiger partial charge in [0.1, 0.15) is 30.8 Å². The largest absolute Gasteiger partial charge is 0.491 e. The lowest BCUT2D eigenvalue weighted by molar-refractivity contribution is -0.159. The highest BCUT2D eigenvalue weighted by Crippen LogP contribution is 2.27. The van der Waals surface area contributed by atoms with Gasteiger partial charge in [-0.15, -0.1) is 0 Å². The Balaban J connectivity index is 0.000000612. The van der Waals surface area contributed by atoms with Crippen molar-refractivity contribution in [3.8, 4) is 11.5 Å². The number of aliphatic carboxylic acids is 2. The summed E-state index contributed by atoms with van der Waals surface area (Å²) in [5.74, 6) is -2.18. The van der Waals surface area contributed by atoms with Crippen LogP contribution in [0.2, 0.25) is 5.02 Å². The van der Waals surface area contributed by atoms with Gasteiger partial charge in [-0.2, -0.15) is 0 Å². The first-order valence-electron chi connectivity index (χ1n) is 8.72. The number of rotatable bonds is 9. The Morgan fingerprint density at radius 1 is 1.03 bits per heavy atom. The zero-order valence-electron chi connectivity index (χ0n) is 15.9. The molecule has 2 aromatic rings. The molecular weight excluding hydrogens is 402 g/mol. The molecule has 2 aromatic carbocycles. The van der Waals surface area contributed by atoms with Crippen molar-refractivity contribution in [2.45, 2.75) is 13.0 Å². The summed E-state index contributed by atoms with van der Waals surface area (Å²) < 4.78 is 11.2. The van der Waals surface area contributed by atoms with Crippen LogP contribution in [-0.2, 0) is 9.59 Å². The monoisotopic (exact) mass is 425 g/mol. The molecule has 2 rings (SSSR count). The maximum Gasteiger partial charge on any atom is 0.414 e. The summed E-state index contributed by atoms with van der Waals surface area (Å²) in [4.78, 5) is 18.2. The number of nitrogens with one attached hydrogen (secondary N) is 1. The topological polar surface area (TPSA) is 125 Å². The highest BCUT2D eigenvalue weighted by Gasteiger charge is 2.06. The van der Waals surface area contributed by atoms with E-state index in [-0.39, 0.29) is 6.61 Å². The Kier molecular flexibility index (Phi) is 11.2. The average molecular weight is 426 g/mol. The first-order chi connectivity index (χ1) is 13.8. The van der Waals surface area contributed by atoms with Crippen molar-refractivity contribution >= 4 is 23.5 Å². The Morgan fingerprint density at radius 2 is 1.69 bits per heavy atom. The first-order valence-corrected chi connectivity index (χ1v) is 9.09. The second-order valence-corrected chi connectivity index (χ2v) is 6.23. The molecule has 0 aromatic heterocycles. The van der Waals surface area contributed by atoms with E-state index < -0.39 is 18.0 Å². The van der Waals surface area contributed by atoms with Crippen LogP contribution in [0.4, 0.5) is 0 Å². The lowest BCUT2D eigenvalue weighted by atomic mass is 10.2. The van der Waals surface area contributed by atoms with Crippen LogP contribution in [0.1, 0.15) is 5.56 Å². The summed E-state index contributed by atoms with van der Waals surface area (Å²) in [7, 11) is 0. The number of hydrogen-bond acceptors (Lipinski definition) is 6. The normalized spacial score (nSPS) is 11.0. The van der Waals surface area contributed by atoms with E-state index in [1.54, 1.807) is 0 Å². The standard InChI is InChI=1S/C18H22ClNO3.C2H2O4/c1-14-6-5-9-17(19)18(14)22-11-10-20-12-15(21)13-23-16-7-3-2-4-8-16;3-1(4)2(5)6/h2-9,15,20-21H,10-13H2,1H3;(H,3,4)(H,5,6). The van der Waals surface area contributed by atoms with Crippen LogP contribution >= 0.6 is 11.6 Å². The van der Waals surface area contributed by atoms with Crippen molar-refractivity contribution in [1.29, 1.82) is 0 Å². The van der Waals surface area contributed by atoms with Crippen LogP contribution in [-0.4, -0.2) is 59.7 Å². The molecule has 0 radical (unpaired) electrons. The van der Waals surface area contributed by atoms with Crippen molar-refractivity contribution in [3.05, 3.63) is 59.1 Å². The number of hydrogen-bond donors (Lipinski definition) is 4. The van der Waals surface area contributed by atoms with Gasteiger partial charge >= 0.3 is 11.9 Å². The number of carbonyl (C=O) groups is 2. The molecule has 9 heteroatoms. The minimum Gasteiger partial charge on any atom is -0.491 e. The van der Waals surface area contributed by atoms with Gasteiger partial charge < -0.3 is 30.1 Å². The van der Waals surface area contributed by atoms with Crippen molar-refractivity contribution in [2.75, 3.05) is 26.3 Å². The SMILES string of the molecule is Cc1cccc(Cl)c1OCCNCC(O)COc1ccccc1.O=C(O)C(=O)O. The van der Waals surface area contributed by atoms with Gasteiger partial charge in [0.25, 0.3) is 0 Å². The fourth-order valence-electron chi connectivity index (χ4n) is 2.06. The lowest BCUT2D eigenvalue weighted by Gasteiger charge is -2.14. The molecule has 1 atom stereocenters. The second-order valence-electron chi connectivity index (χ2n) is 5.83. The highest BCUT2D eigenvalue weighted by atomic mass is 35.5. The molecule has 0 amide bonds. The molecule has 0 fully saturated rings. The van der Waals surface area contributed by atoms with Gasteiger partial charge in [-0.3, -0.25) is 0 Å². The summed E-state index contributed by atoms with van der Waals surface area (Å²) in [5.41, 5.74) is 1.01. The molecule has 0 saturated carbocycles. The maximum atomic E-state index is 9.87. The molecule has 0 saturated heterocycles. The molecule has 0 spiro atoms. The number of aliphatic hydroxyl groups excluding tert-OH is 1. The molecular formula is C20H24ClNO7. The van der Waals surface area contributed by atoms with E-state index in [2.05, 4.69) is 5.32 Å². The fraction of sp³-hybridized carbons (Fsp3) is 0.300. The smallest absolute Gasteiger partial charge is 0.414 e. The molecule has 4 N–H and O–H groups in total. The van der Waals surface area contributed by atoms with Crippen molar-refractivity contribution in [2.24, 2.45) is 0 Å². The van der Waals surface area contributed by atoms with Crippen LogP contribution in [0, 0.1) is 6.92 Å². The number of carboxylic acids is 2. The first kappa shape index (κ1) is 24.2. The number of halogens is 1. The summed E-state index contributed by atoms with van der Waals surface area (Å²) in [6, 6.07) is 15.1. The van der Waals surface area contributed by atoms with Crippen LogP contribution in [0.3, 0.4) is 0 Å². The van der Waals surface area contributed by atoms with E-state index in [0.717, 1.165) is 11.3 Å². The maximum absolute atomic E-state index is 9.87. The Hall–Kier alpha value is -2.81. The van der Waals surface area contributed by atoms with Gasteiger partial charge in [0.2, 0.25) is 0 Å². The van der Waals surface area contributed by atoms with Gasteiger partial charge in [0, 0.05) is 13.1 Å². The number of carboxylic acid groups (broad SMARTS) is 2. The summed E-state index contributed by atoms with van der Waals surface area (Å²) in [6.07, 6.45) is -0.572. The third kappa shape index (κ3) is 10.3. The van der Waals surface area contributed by atoms with Gasteiger partial charge in [-0.1, -0.05) is 41.9 Å². The molecule has 0 aliphatic carbocycles. The summed E-state index contributed by atoms with van der Waals surface area (Å²) in [5, 5.41) is 28.4. The van der Waals surface area contributed by atoms with Gasteiger partial charge in [0.05, 0.1) is 5.02 Å². The number of aryl methyl sites for hydroxylation is 1. The van der Waals surface area contributed by atoms with E-state index in [1.165, 1.54) is 0 Å². The third-order valence-electron chi connectivity index (χ3n) is 3.44. The van der Waals surface area contributed by atoms with Crippen molar-refractivity contribution in [3.63, 3.8) is 0 Å². The van der Waals surface area contributed by atoms with Gasteiger partial charge in [-0.05, 0) is 30.7 Å². The quantitative estimate of drug-likeness (QED) is 0.356. The number of benzene rings is 2. The van der Waals surface area contributed by atoms with Crippen LogP contribution in [0.25, 0.3) is 0 Å². The van der Waals surface area contributed by atoms with Gasteiger partial charge in [0.15, 0.2) is 0 Å². The Bertz CT molecular complexity index is 738. The number of ether oxygens (including phenoxy) is 2. The predicted octanol–water partition coefficient (Wildman–Crippen LogP) is 2.21. The van der Waals surface area contributed by atoms with Crippen molar-refractivity contribution < 1.29 is 34.4 Å². The minimum absolute atomic E-state index is 0.251. The predicted molar refractivity (Wildman–Crippen MR) is 108 cm³/mol. The van der Waals surface area contributed by atoms with Crippen LogP contribution < -0.4 is 14.8 Å².